The molecule has 0 spiro atoms. The first-order valence-corrected chi connectivity index (χ1v) is 3.93. The minimum absolute atomic E-state index is 0. The van der Waals surface area contributed by atoms with Crippen LogP contribution in [-0.4, -0.2) is 5.97 Å². The topological polar surface area (TPSA) is 40.1 Å². The molecule has 0 aromatic carbocycles. The molecule has 0 aliphatic heterocycles. The second kappa shape index (κ2) is 11.4. The van der Waals surface area contributed by atoms with Crippen LogP contribution >= 0.6 is 0 Å². The van der Waals surface area contributed by atoms with E-state index in [4.69, 9.17) is 0 Å². The van der Waals surface area contributed by atoms with E-state index in [1.807, 2.05) is 6.92 Å². The molecule has 0 heterocycles. The first-order chi connectivity index (χ1) is 4.72. The molecular weight excluding hydrogens is 229 g/mol. The maximum atomic E-state index is 10.3. The first kappa shape index (κ1) is 18.2. The number of carbonyl (C=O) groups excluding carboxylic acids is 1. The largest absolute Gasteiger partial charge is 2.00 e. The van der Waals surface area contributed by atoms with Crippen LogP contribution in [0.1, 0.15) is 39.5 Å². The van der Waals surface area contributed by atoms with Crippen LogP contribution in [0.25, 0.3) is 0 Å². The van der Waals surface area contributed by atoms with Gasteiger partial charge in [-0.1, -0.05) is 26.7 Å². The molecule has 0 aromatic heterocycles. The Morgan fingerprint density at radius 3 is 2.17 bits per heavy atom. The molecule has 0 rings (SSSR count). The Hall–Kier alpha value is 0.383. The zero-order valence-corrected chi connectivity index (χ0v) is 11.5. The molecule has 68 valence electrons. The minimum atomic E-state index is -0.893. The smallest absolute Gasteiger partial charge is 1.00 e. The van der Waals surface area contributed by atoms with Crippen molar-refractivity contribution in [3.05, 3.63) is 0 Å². The average molecular weight is 244 g/mol. The molecule has 1 atom stereocenters. The Balaban J connectivity index is -0.000000405. The van der Waals surface area contributed by atoms with Crippen LogP contribution in [0, 0.1) is 5.92 Å². The number of unbranched alkanes of at least 4 members (excludes halogenated alkanes) is 1. The van der Waals surface area contributed by atoms with E-state index in [1.54, 1.807) is 0 Å². The summed E-state index contributed by atoms with van der Waals surface area (Å²) < 4.78 is 0. The van der Waals surface area contributed by atoms with Gasteiger partial charge in [0.05, 0.1) is 0 Å². The van der Waals surface area contributed by atoms with Gasteiger partial charge in [0.15, 0.2) is 0 Å². The Morgan fingerprint density at radius 2 is 1.92 bits per heavy atom. The van der Waals surface area contributed by atoms with Crippen LogP contribution < -0.4 is 17.5 Å². The summed E-state index contributed by atoms with van der Waals surface area (Å²) in [5.41, 5.74) is 0. The zero-order chi connectivity index (χ0) is 7.98. The number of carboxylic acid groups (broad SMARTS) is 1. The third kappa shape index (κ3) is 8.48. The second-order valence-corrected chi connectivity index (χ2v) is 2.57. The van der Waals surface area contributed by atoms with Crippen molar-refractivity contribution >= 4 is 5.97 Å². The first-order valence-electron chi connectivity index (χ1n) is 3.93. The number of hydrogen-bond acceptors (Lipinski definition) is 2. The van der Waals surface area contributed by atoms with Crippen LogP contribution in [0.15, 0.2) is 0 Å². The maximum absolute atomic E-state index is 10.3. The van der Waals surface area contributed by atoms with Crippen LogP contribution in [0.2, 0.25) is 0 Å². The van der Waals surface area contributed by atoms with E-state index in [2.05, 4.69) is 6.92 Å². The average Bonchev–Trinajstić information content (AvgIpc) is 1.89. The molecule has 0 aliphatic rings. The summed E-state index contributed by atoms with van der Waals surface area (Å²) in [5.74, 6) is -1.11. The third-order valence-electron chi connectivity index (χ3n) is 1.73. The molecule has 0 saturated heterocycles. The van der Waals surface area contributed by atoms with Crippen molar-refractivity contribution in [2.45, 2.75) is 39.5 Å². The number of halogens is 1. The molecule has 0 N–H and O–H groups in total. The standard InChI is InChI=1S/C8H16O2.ClH.Zn/c1-3-5-6-7(4-2)8(9)10;;/h7H,3-6H2,1-2H3,(H,9,10);1H;/q;;+2/p-2. The predicted molar refractivity (Wildman–Crippen MR) is 38.3 cm³/mol. The Kier molecular flexibility index (Phi) is 17.3. The molecule has 0 aliphatic carbocycles. The second-order valence-electron chi connectivity index (χ2n) is 2.57. The van der Waals surface area contributed by atoms with E-state index in [-0.39, 0.29) is 37.8 Å². The molecule has 1 unspecified atom stereocenters. The van der Waals surface area contributed by atoms with Gasteiger partial charge in [-0.3, -0.25) is 0 Å². The van der Waals surface area contributed by atoms with E-state index in [0.717, 1.165) is 19.3 Å². The molecule has 12 heavy (non-hydrogen) atoms. The molecule has 0 radical (unpaired) electrons. The van der Waals surface area contributed by atoms with Crippen LogP contribution in [0.4, 0.5) is 0 Å². The summed E-state index contributed by atoms with van der Waals surface area (Å²) in [4.78, 5) is 10.3. The normalized spacial score (nSPS) is 10.8. The minimum Gasteiger partial charge on any atom is -1.00 e. The number of carbonyl (C=O) groups is 1. The SMILES string of the molecule is CCCCC(CC)C(=O)[O-].[Cl-].[Zn+2]. The fourth-order valence-electron chi connectivity index (χ4n) is 0.939. The van der Waals surface area contributed by atoms with Gasteiger partial charge in [0.25, 0.3) is 0 Å². The quantitative estimate of drug-likeness (QED) is 0.522. The van der Waals surface area contributed by atoms with Gasteiger partial charge in [0.2, 0.25) is 0 Å². The van der Waals surface area contributed by atoms with E-state index >= 15 is 0 Å². The fraction of sp³-hybridized carbons (Fsp3) is 0.875. The van der Waals surface area contributed by atoms with Crippen molar-refractivity contribution in [1.29, 1.82) is 0 Å². The maximum Gasteiger partial charge on any atom is 2.00 e. The van der Waals surface area contributed by atoms with Gasteiger partial charge in [0.1, 0.15) is 0 Å². The summed E-state index contributed by atoms with van der Waals surface area (Å²) in [7, 11) is 0. The van der Waals surface area contributed by atoms with Crippen molar-refractivity contribution in [3.63, 3.8) is 0 Å². The fourth-order valence-corrected chi connectivity index (χ4v) is 0.939. The monoisotopic (exact) mass is 242 g/mol. The van der Waals surface area contributed by atoms with E-state index < -0.39 is 5.97 Å². The van der Waals surface area contributed by atoms with Crippen molar-refractivity contribution < 1.29 is 41.8 Å². The van der Waals surface area contributed by atoms with Crippen LogP contribution in [-0.2, 0) is 24.3 Å². The zero-order valence-electron chi connectivity index (χ0n) is 7.81. The Bertz CT molecular complexity index is 109. The van der Waals surface area contributed by atoms with Crippen LogP contribution in [0.5, 0.6) is 0 Å². The van der Waals surface area contributed by atoms with Crippen LogP contribution in [0.3, 0.4) is 0 Å². The number of aliphatic carboxylic acids is 1. The molecule has 2 nitrogen and oxygen atoms in total. The van der Waals surface area contributed by atoms with Gasteiger partial charge >= 0.3 is 19.5 Å². The Labute approximate surface area is 93.3 Å². The van der Waals surface area contributed by atoms with Gasteiger partial charge in [-0.15, -0.1) is 0 Å². The van der Waals surface area contributed by atoms with E-state index in [1.165, 1.54) is 0 Å². The van der Waals surface area contributed by atoms with Gasteiger partial charge in [0, 0.05) is 5.97 Å². The van der Waals surface area contributed by atoms with Crippen molar-refractivity contribution in [2.75, 3.05) is 0 Å². The van der Waals surface area contributed by atoms with Gasteiger partial charge in [-0.2, -0.15) is 0 Å². The number of hydrogen-bond donors (Lipinski definition) is 0. The molecule has 4 heteroatoms. The summed E-state index contributed by atoms with van der Waals surface area (Å²) in [6, 6.07) is 0. The molecule has 0 amide bonds. The van der Waals surface area contributed by atoms with Gasteiger partial charge in [-0.05, 0) is 18.8 Å². The molecular formula is C8H15ClO2Zn. The van der Waals surface area contributed by atoms with Gasteiger partial charge < -0.3 is 22.3 Å². The van der Waals surface area contributed by atoms with E-state index in [0.29, 0.717) is 6.42 Å². The summed E-state index contributed by atoms with van der Waals surface area (Å²) >= 11 is 0. The Morgan fingerprint density at radius 1 is 1.42 bits per heavy atom. The molecule has 0 aromatic rings. The van der Waals surface area contributed by atoms with Crippen molar-refractivity contribution in [3.8, 4) is 0 Å². The summed E-state index contributed by atoms with van der Waals surface area (Å²) in [5, 5.41) is 10.3. The summed E-state index contributed by atoms with van der Waals surface area (Å²) in [6.07, 6.45) is 3.52. The number of carboxylic acids is 1. The molecule has 0 bridgehead atoms. The summed E-state index contributed by atoms with van der Waals surface area (Å²) in [6.45, 7) is 3.94. The van der Waals surface area contributed by atoms with Crippen molar-refractivity contribution in [1.82, 2.24) is 0 Å². The van der Waals surface area contributed by atoms with Crippen molar-refractivity contribution in [2.24, 2.45) is 5.92 Å². The number of rotatable bonds is 5. The predicted octanol–water partition coefficient (Wildman–Crippen LogP) is -2.05. The third-order valence-corrected chi connectivity index (χ3v) is 1.73. The van der Waals surface area contributed by atoms with Gasteiger partial charge in [-0.25, -0.2) is 0 Å². The molecule has 0 saturated carbocycles. The van der Waals surface area contributed by atoms with E-state index in [9.17, 15) is 9.90 Å². The molecule has 0 fully saturated rings.